The van der Waals surface area contributed by atoms with Gasteiger partial charge in [0.1, 0.15) is 5.60 Å². The molecular weight excluding hydrogens is 288 g/mol. The third kappa shape index (κ3) is 3.27. The first kappa shape index (κ1) is 14.5. The maximum atomic E-state index is 11.9. The van der Waals surface area contributed by atoms with Gasteiger partial charge in [-0.15, -0.1) is 11.3 Å². The number of amides is 2. The Bertz CT molecular complexity index is 519. The maximum absolute atomic E-state index is 11.9. The molecule has 1 aliphatic carbocycles. The fourth-order valence-electron chi connectivity index (χ4n) is 2.76. The molecule has 1 saturated heterocycles. The molecule has 3 rings (SSSR count). The van der Waals surface area contributed by atoms with E-state index in [1.165, 1.54) is 11.3 Å². The van der Waals surface area contributed by atoms with Crippen LogP contribution in [0, 0.1) is 5.92 Å². The van der Waals surface area contributed by atoms with E-state index in [0.717, 1.165) is 12.8 Å². The Balaban J connectivity index is 1.31. The zero-order valence-electron chi connectivity index (χ0n) is 11.9. The number of aliphatic hydroxyl groups is 1. The fourth-order valence-corrected chi connectivity index (χ4v) is 3.40. The van der Waals surface area contributed by atoms with Gasteiger partial charge in [-0.3, -0.25) is 9.59 Å². The summed E-state index contributed by atoms with van der Waals surface area (Å²) in [6, 6.07) is 3.62. The van der Waals surface area contributed by atoms with E-state index in [-0.39, 0.29) is 11.8 Å². The quantitative estimate of drug-likeness (QED) is 0.777. The highest BCUT2D eigenvalue weighted by atomic mass is 32.1. The third-order valence-electron chi connectivity index (χ3n) is 4.22. The number of hydrogen-bond acceptors (Lipinski definition) is 4. The van der Waals surface area contributed by atoms with Gasteiger partial charge in [-0.25, -0.2) is 0 Å². The molecule has 2 N–H and O–H groups in total. The highest BCUT2D eigenvalue weighted by Crippen LogP contribution is 2.44. The zero-order valence-corrected chi connectivity index (χ0v) is 12.7. The molecular formula is C15H20N2O3S. The number of carbonyl (C=O) groups is 2. The van der Waals surface area contributed by atoms with Crippen LogP contribution in [0.1, 0.15) is 35.4 Å². The molecule has 1 aromatic heterocycles. The van der Waals surface area contributed by atoms with Crippen LogP contribution in [0.5, 0.6) is 0 Å². The van der Waals surface area contributed by atoms with Crippen molar-refractivity contribution in [1.82, 2.24) is 10.2 Å². The van der Waals surface area contributed by atoms with Crippen molar-refractivity contribution in [1.29, 1.82) is 0 Å². The van der Waals surface area contributed by atoms with Crippen molar-refractivity contribution >= 4 is 23.2 Å². The van der Waals surface area contributed by atoms with Gasteiger partial charge < -0.3 is 15.3 Å². The summed E-state index contributed by atoms with van der Waals surface area (Å²) in [6.07, 6.45) is 3.24. The van der Waals surface area contributed by atoms with E-state index < -0.39 is 5.60 Å². The average Bonchev–Trinajstić information content (AvgIpc) is 3.15. The van der Waals surface area contributed by atoms with Crippen LogP contribution in [-0.4, -0.2) is 47.1 Å². The van der Waals surface area contributed by atoms with Crippen LogP contribution in [0.4, 0.5) is 0 Å². The molecule has 6 heteroatoms. The lowest BCUT2D eigenvalue weighted by Crippen LogP contribution is -2.64. The van der Waals surface area contributed by atoms with Gasteiger partial charge in [0.15, 0.2) is 0 Å². The Morgan fingerprint density at radius 1 is 1.43 bits per heavy atom. The first-order valence-electron chi connectivity index (χ1n) is 7.40. The third-order valence-corrected chi connectivity index (χ3v) is 5.09. The standard InChI is InChI=1S/C15H20N2O3S/c18-13(17-9-15(20,10-17)11-5-6-11)4-1-7-16-14(19)12-3-2-8-21-12/h2-3,8,11,20H,1,4-7,9-10H2,(H,16,19). The van der Waals surface area contributed by atoms with Gasteiger partial charge in [0.05, 0.1) is 18.0 Å². The number of nitrogens with zero attached hydrogens (tertiary/aromatic N) is 1. The normalized spacial score (nSPS) is 20.0. The number of rotatable bonds is 6. The molecule has 2 amide bonds. The Kier molecular flexibility index (Phi) is 3.99. The lowest BCUT2D eigenvalue weighted by atomic mass is 9.88. The largest absolute Gasteiger partial charge is 0.386 e. The summed E-state index contributed by atoms with van der Waals surface area (Å²) in [5.41, 5.74) is -0.608. The van der Waals surface area contributed by atoms with E-state index in [1.54, 1.807) is 11.0 Å². The van der Waals surface area contributed by atoms with Gasteiger partial charge >= 0.3 is 0 Å². The second-order valence-corrected chi connectivity index (χ2v) is 6.91. The van der Waals surface area contributed by atoms with Crippen LogP contribution < -0.4 is 5.32 Å². The van der Waals surface area contributed by atoms with Crippen molar-refractivity contribution in [2.45, 2.75) is 31.3 Å². The fraction of sp³-hybridized carbons (Fsp3) is 0.600. The highest BCUT2D eigenvalue weighted by Gasteiger charge is 2.52. The molecule has 0 radical (unpaired) electrons. The van der Waals surface area contributed by atoms with Crippen LogP contribution in [0.2, 0.25) is 0 Å². The van der Waals surface area contributed by atoms with Crippen molar-refractivity contribution in [3.63, 3.8) is 0 Å². The summed E-state index contributed by atoms with van der Waals surface area (Å²) >= 11 is 1.41. The highest BCUT2D eigenvalue weighted by molar-refractivity contribution is 7.12. The van der Waals surface area contributed by atoms with Crippen molar-refractivity contribution in [3.8, 4) is 0 Å². The zero-order chi connectivity index (χ0) is 14.9. The lowest BCUT2D eigenvalue weighted by molar-refractivity contribution is -0.159. The number of nitrogens with one attached hydrogen (secondary N) is 1. The number of likely N-dealkylation sites (tertiary alicyclic amines) is 1. The van der Waals surface area contributed by atoms with Crippen molar-refractivity contribution < 1.29 is 14.7 Å². The molecule has 2 aliphatic rings. The monoisotopic (exact) mass is 308 g/mol. The van der Waals surface area contributed by atoms with Crippen LogP contribution in [-0.2, 0) is 4.79 Å². The van der Waals surface area contributed by atoms with Crippen LogP contribution in [0.15, 0.2) is 17.5 Å². The summed E-state index contributed by atoms with van der Waals surface area (Å²) in [5, 5.41) is 14.8. The summed E-state index contributed by atoms with van der Waals surface area (Å²) in [5.74, 6) is 0.404. The van der Waals surface area contributed by atoms with Crippen LogP contribution in [0.25, 0.3) is 0 Å². The minimum absolute atomic E-state index is 0.0747. The average molecular weight is 308 g/mol. The predicted molar refractivity (Wildman–Crippen MR) is 80.1 cm³/mol. The van der Waals surface area contributed by atoms with E-state index >= 15 is 0 Å². The molecule has 2 heterocycles. The van der Waals surface area contributed by atoms with E-state index in [2.05, 4.69) is 5.32 Å². The Morgan fingerprint density at radius 2 is 2.19 bits per heavy atom. The first-order chi connectivity index (χ1) is 10.1. The number of β-amino-alcohol motifs (C(OH)–C–C–N with tert-alkyl or cyclic N) is 1. The van der Waals surface area contributed by atoms with Gasteiger partial charge in [0.25, 0.3) is 5.91 Å². The smallest absolute Gasteiger partial charge is 0.261 e. The van der Waals surface area contributed by atoms with Crippen molar-refractivity contribution in [3.05, 3.63) is 22.4 Å². The minimum atomic E-state index is -0.608. The summed E-state index contributed by atoms with van der Waals surface area (Å²) in [6.45, 7) is 1.47. The molecule has 5 nitrogen and oxygen atoms in total. The topological polar surface area (TPSA) is 69.6 Å². The Hall–Kier alpha value is -1.40. The van der Waals surface area contributed by atoms with Crippen LogP contribution >= 0.6 is 11.3 Å². The molecule has 114 valence electrons. The predicted octanol–water partition coefficient (Wildman–Crippen LogP) is 1.24. The summed E-state index contributed by atoms with van der Waals surface area (Å²) < 4.78 is 0. The maximum Gasteiger partial charge on any atom is 0.261 e. The molecule has 0 atom stereocenters. The molecule has 1 aliphatic heterocycles. The lowest BCUT2D eigenvalue weighted by Gasteiger charge is -2.47. The number of carbonyl (C=O) groups excluding carboxylic acids is 2. The van der Waals surface area contributed by atoms with Gasteiger partial charge in [0, 0.05) is 13.0 Å². The number of thiophene rings is 1. The SMILES string of the molecule is O=C(NCCCC(=O)N1CC(O)(C2CC2)C1)c1cccs1. The van der Waals surface area contributed by atoms with E-state index in [9.17, 15) is 14.7 Å². The Morgan fingerprint density at radius 3 is 2.81 bits per heavy atom. The van der Waals surface area contributed by atoms with Gasteiger partial charge in [-0.2, -0.15) is 0 Å². The second kappa shape index (κ2) is 5.77. The minimum Gasteiger partial charge on any atom is -0.386 e. The molecule has 21 heavy (non-hydrogen) atoms. The van der Waals surface area contributed by atoms with Gasteiger partial charge in [-0.1, -0.05) is 6.07 Å². The molecule has 1 saturated carbocycles. The van der Waals surface area contributed by atoms with Gasteiger partial charge in [0.2, 0.25) is 5.91 Å². The molecule has 1 aromatic rings. The van der Waals surface area contributed by atoms with E-state index in [4.69, 9.17) is 0 Å². The molecule has 0 spiro atoms. The van der Waals surface area contributed by atoms with Crippen molar-refractivity contribution in [2.24, 2.45) is 5.92 Å². The van der Waals surface area contributed by atoms with Crippen molar-refractivity contribution in [2.75, 3.05) is 19.6 Å². The van der Waals surface area contributed by atoms with E-state index in [0.29, 0.717) is 43.3 Å². The van der Waals surface area contributed by atoms with Crippen LogP contribution in [0.3, 0.4) is 0 Å². The summed E-state index contributed by atoms with van der Waals surface area (Å²) in [7, 11) is 0. The van der Waals surface area contributed by atoms with E-state index in [1.807, 2.05) is 11.4 Å². The first-order valence-corrected chi connectivity index (χ1v) is 8.28. The molecule has 0 bridgehead atoms. The number of hydrogen-bond donors (Lipinski definition) is 2. The van der Waals surface area contributed by atoms with Gasteiger partial charge in [-0.05, 0) is 36.6 Å². The molecule has 0 unspecified atom stereocenters. The summed E-state index contributed by atoms with van der Waals surface area (Å²) in [4.78, 5) is 26.0. The second-order valence-electron chi connectivity index (χ2n) is 5.96. The Labute approximate surface area is 128 Å². The molecule has 0 aromatic carbocycles. The molecule has 2 fully saturated rings.